The van der Waals surface area contributed by atoms with Crippen LogP contribution >= 0.6 is 11.9 Å². The van der Waals surface area contributed by atoms with E-state index in [2.05, 4.69) is 0 Å². The number of benzene rings is 1. The molecule has 4 N–H and O–H groups in total. The van der Waals surface area contributed by atoms with E-state index in [0.717, 1.165) is 11.4 Å². The van der Waals surface area contributed by atoms with Gasteiger partial charge in [-0.15, -0.1) is 0 Å². The van der Waals surface area contributed by atoms with E-state index in [4.69, 9.17) is 10.9 Å². The molecule has 0 amide bonds. The van der Waals surface area contributed by atoms with Gasteiger partial charge < -0.3 is 5.73 Å². The van der Waals surface area contributed by atoms with E-state index in [-0.39, 0.29) is 0 Å². The van der Waals surface area contributed by atoms with E-state index in [1.54, 1.807) is 0 Å². The molecule has 0 aliphatic rings. The standard InChI is InChI=1S/C7H10N2S/c8-7-3-1-2-6(4-7)5-10-9/h1-4H,5,8-9H2. The van der Waals surface area contributed by atoms with Crippen molar-refractivity contribution in [2.45, 2.75) is 5.75 Å². The van der Waals surface area contributed by atoms with Crippen LogP contribution in [0.1, 0.15) is 5.56 Å². The molecule has 0 spiro atoms. The van der Waals surface area contributed by atoms with Crippen LogP contribution in [0.2, 0.25) is 0 Å². The highest BCUT2D eigenvalue weighted by Crippen LogP contribution is 2.10. The van der Waals surface area contributed by atoms with Gasteiger partial charge in [0.2, 0.25) is 0 Å². The average Bonchev–Trinajstić information content (AvgIpc) is 1.88. The predicted octanol–water partition coefficient (Wildman–Crippen LogP) is 1.38. The molecule has 1 aromatic rings. The van der Waals surface area contributed by atoms with Crippen LogP contribution in [0.15, 0.2) is 24.3 Å². The minimum absolute atomic E-state index is 0.798. The Hall–Kier alpha value is -0.670. The van der Waals surface area contributed by atoms with Crippen LogP contribution in [0.5, 0.6) is 0 Å². The van der Waals surface area contributed by atoms with Crippen LogP contribution in [-0.4, -0.2) is 0 Å². The Morgan fingerprint density at radius 1 is 1.40 bits per heavy atom. The summed E-state index contributed by atoms with van der Waals surface area (Å²) in [6.07, 6.45) is 0. The Labute approximate surface area is 64.7 Å². The van der Waals surface area contributed by atoms with Gasteiger partial charge in [-0.25, -0.2) is 0 Å². The number of anilines is 1. The lowest BCUT2D eigenvalue weighted by Gasteiger charge is -1.97. The summed E-state index contributed by atoms with van der Waals surface area (Å²) < 4.78 is 0. The summed E-state index contributed by atoms with van der Waals surface area (Å²) in [6, 6.07) is 7.74. The van der Waals surface area contributed by atoms with E-state index in [1.807, 2.05) is 24.3 Å². The quantitative estimate of drug-likeness (QED) is 0.499. The molecule has 0 saturated carbocycles. The molecular formula is C7H10N2S. The van der Waals surface area contributed by atoms with Gasteiger partial charge in [-0.2, -0.15) is 0 Å². The first kappa shape index (κ1) is 7.44. The highest BCUT2D eigenvalue weighted by molar-refractivity contribution is 7.96. The van der Waals surface area contributed by atoms with Crippen molar-refractivity contribution in [3.8, 4) is 0 Å². The monoisotopic (exact) mass is 154 g/mol. The summed E-state index contributed by atoms with van der Waals surface area (Å²) in [5.74, 6) is 0.824. The number of rotatable bonds is 2. The van der Waals surface area contributed by atoms with Gasteiger partial charge in [0.25, 0.3) is 0 Å². The van der Waals surface area contributed by atoms with Crippen LogP contribution in [-0.2, 0) is 5.75 Å². The van der Waals surface area contributed by atoms with E-state index < -0.39 is 0 Å². The lowest BCUT2D eigenvalue weighted by atomic mass is 10.2. The fourth-order valence-corrected chi connectivity index (χ4v) is 1.15. The first-order valence-electron chi connectivity index (χ1n) is 2.99. The van der Waals surface area contributed by atoms with Crippen molar-refractivity contribution in [1.82, 2.24) is 0 Å². The molecule has 2 nitrogen and oxygen atoms in total. The Kier molecular flexibility index (Phi) is 2.59. The molecule has 0 saturated heterocycles. The summed E-state index contributed by atoms with van der Waals surface area (Å²) in [5, 5.41) is 5.29. The number of hydrogen-bond donors (Lipinski definition) is 2. The third-order valence-electron chi connectivity index (χ3n) is 1.20. The Morgan fingerprint density at radius 3 is 2.80 bits per heavy atom. The largest absolute Gasteiger partial charge is 0.399 e. The van der Waals surface area contributed by atoms with E-state index in [9.17, 15) is 0 Å². The maximum absolute atomic E-state index is 5.54. The van der Waals surface area contributed by atoms with Gasteiger partial charge in [0.1, 0.15) is 0 Å². The molecule has 0 aliphatic heterocycles. The summed E-state index contributed by atoms with van der Waals surface area (Å²) in [7, 11) is 0. The fourth-order valence-electron chi connectivity index (χ4n) is 0.779. The third-order valence-corrected chi connectivity index (χ3v) is 1.70. The van der Waals surface area contributed by atoms with Gasteiger partial charge >= 0.3 is 0 Å². The Bertz CT molecular complexity index is 213. The first-order chi connectivity index (χ1) is 4.83. The fraction of sp³-hybridized carbons (Fsp3) is 0.143. The number of nitrogens with two attached hydrogens (primary N) is 2. The smallest absolute Gasteiger partial charge is 0.0328 e. The normalized spacial score (nSPS) is 9.70. The highest BCUT2D eigenvalue weighted by Gasteiger charge is 1.90. The minimum Gasteiger partial charge on any atom is -0.399 e. The van der Waals surface area contributed by atoms with Crippen LogP contribution in [0, 0.1) is 0 Å². The van der Waals surface area contributed by atoms with Gasteiger partial charge in [-0.05, 0) is 17.7 Å². The van der Waals surface area contributed by atoms with Crippen molar-refractivity contribution in [3.05, 3.63) is 29.8 Å². The van der Waals surface area contributed by atoms with Gasteiger partial charge in [0, 0.05) is 11.4 Å². The molecule has 0 fully saturated rings. The lowest BCUT2D eigenvalue weighted by Crippen LogP contribution is -1.88. The molecule has 0 atom stereocenters. The molecule has 0 unspecified atom stereocenters. The second kappa shape index (κ2) is 3.49. The Balaban J connectivity index is 2.75. The summed E-state index contributed by atoms with van der Waals surface area (Å²) in [6.45, 7) is 0. The van der Waals surface area contributed by atoms with Crippen molar-refractivity contribution in [2.75, 3.05) is 5.73 Å². The molecule has 0 bridgehead atoms. The molecule has 0 aromatic heterocycles. The van der Waals surface area contributed by atoms with Gasteiger partial charge in [-0.3, -0.25) is 5.14 Å². The molecule has 3 heteroatoms. The molecule has 1 rings (SSSR count). The molecule has 0 heterocycles. The zero-order valence-corrected chi connectivity index (χ0v) is 6.40. The summed E-state index contributed by atoms with van der Waals surface area (Å²) in [4.78, 5) is 0. The third kappa shape index (κ3) is 1.93. The van der Waals surface area contributed by atoms with Gasteiger partial charge in [0.15, 0.2) is 0 Å². The van der Waals surface area contributed by atoms with Crippen LogP contribution in [0.4, 0.5) is 5.69 Å². The van der Waals surface area contributed by atoms with Crippen molar-refractivity contribution >= 4 is 17.6 Å². The van der Waals surface area contributed by atoms with Gasteiger partial charge in [-0.1, -0.05) is 24.1 Å². The predicted molar refractivity (Wildman–Crippen MR) is 46.3 cm³/mol. The second-order valence-electron chi connectivity index (χ2n) is 2.06. The van der Waals surface area contributed by atoms with E-state index >= 15 is 0 Å². The first-order valence-corrected chi connectivity index (χ1v) is 4.04. The molecule has 0 radical (unpaired) electrons. The van der Waals surface area contributed by atoms with Crippen LogP contribution < -0.4 is 10.9 Å². The highest BCUT2D eigenvalue weighted by atomic mass is 32.2. The minimum atomic E-state index is 0.798. The summed E-state index contributed by atoms with van der Waals surface area (Å²) in [5.41, 5.74) is 7.51. The zero-order chi connectivity index (χ0) is 7.40. The zero-order valence-electron chi connectivity index (χ0n) is 5.58. The summed E-state index contributed by atoms with van der Waals surface area (Å²) >= 11 is 1.31. The van der Waals surface area contributed by atoms with Crippen LogP contribution in [0.25, 0.3) is 0 Å². The van der Waals surface area contributed by atoms with Gasteiger partial charge in [0.05, 0.1) is 0 Å². The van der Waals surface area contributed by atoms with Crippen molar-refractivity contribution in [3.63, 3.8) is 0 Å². The molecular weight excluding hydrogens is 144 g/mol. The van der Waals surface area contributed by atoms with E-state index in [0.29, 0.717) is 0 Å². The SMILES string of the molecule is NSCc1cccc(N)c1. The maximum atomic E-state index is 5.54. The molecule has 10 heavy (non-hydrogen) atoms. The van der Waals surface area contributed by atoms with E-state index in [1.165, 1.54) is 17.5 Å². The maximum Gasteiger partial charge on any atom is 0.0328 e. The number of hydrogen-bond acceptors (Lipinski definition) is 3. The van der Waals surface area contributed by atoms with Crippen molar-refractivity contribution in [2.24, 2.45) is 5.14 Å². The lowest BCUT2D eigenvalue weighted by molar-refractivity contribution is 1.42. The topological polar surface area (TPSA) is 52.0 Å². The average molecular weight is 154 g/mol. The molecule has 54 valence electrons. The molecule has 0 aliphatic carbocycles. The molecule has 1 aromatic carbocycles. The van der Waals surface area contributed by atoms with Crippen LogP contribution in [0.3, 0.4) is 0 Å². The van der Waals surface area contributed by atoms with Crippen molar-refractivity contribution in [1.29, 1.82) is 0 Å². The Morgan fingerprint density at radius 2 is 2.20 bits per heavy atom. The second-order valence-corrected chi connectivity index (χ2v) is 2.68. The van der Waals surface area contributed by atoms with Crippen molar-refractivity contribution < 1.29 is 0 Å². The number of nitrogen functional groups attached to an aromatic ring is 1.